The van der Waals surface area contributed by atoms with E-state index in [-0.39, 0.29) is 34.0 Å². The van der Waals surface area contributed by atoms with Crippen molar-refractivity contribution in [2.45, 2.75) is 37.5 Å². The van der Waals surface area contributed by atoms with E-state index in [0.29, 0.717) is 0 Å². The van der Waals surface area contributed by atoms with Crippen molar-refractivity contribution in [1.82, 2.24) is 19.8 Å². The number of rotatable bonds is 14. The highest BCUT2D eigenvalue weighted by Gasteiger charge is 2.07. The summed E-state index contributed by atoms with van der Waals surface area (Å²) in [7, 11) is 0. The molecule has 2 aromatic carbocycles. The Balaban J connectivity index is 0.00000324. The first-order valence-electron chi connectivity index (χ1n) is 12.4. The van der Waals surface area contributed by atoms with Crippen molar-refractivity contribution in [3.63, 3.8) is 0 Å². The fraction of sp³-hybridized carbons (Fsp3) is 0.429. The molecule has 1 aromatic heterocycles. The molecule has 0 fully saturated rings. The third-order valence-electron chi connectivity index (χ3n) is 6.11. The maximum Gasteiger partial charge on any atom is 0.116 e. The Bertz CT molecular complexity index is 903. The Hall–Kier alpha value is -0.900. The zero-order chi connectivity index (χ0) is 24.2. The van der Waals surface area contributed by atoms with Gasteiger partial charge in [0.05, 0.1) is 11.4 Å². The van der Waals surface area contributed by atoms with Crippen LogP contribution in [0.25, 0.3) is 22.5 Å². The van der Waals surface area contributed by atoms with Gasteiger partial charge in [0.25, 0.3) is 0 Å². The number of thioether (sulfide) groups is 2. The van der Waals surface area contributed by atoms with Crippen LogP contribution in [0.2, 0.25) is 0 Å². The third-order valence-corrected chi connectivity index (χ3v) is 8.09. The van der Waals surface area contributed by atoms with Gasteiger partial charge in [-0.2, -0.15) is 0 Å². The summed E-state index contributed by atoms with van der Waals surface area (Å²) in [4.78, 5) is 16.6. The molecule has 0 unspecified atom stereocenters. The second-order valence-electron chi connectivity index (χ2n) is 8.09. The Morgan fingerprint density at radius 2 is 0.944 bits per heavy atom. The molecule has 198 valence electrons. The van der Waals surface area contributed by atoms with Crippen LogP contribution >= 0.6 is 57.5 Å². The second kappa shape index (κ2) is 18.4. The molecule has 0 amide bonds. The fourth-order valence-corrected chi connectivity index (χ4v) is 5.61. The lowest BCUT2D eigenvalue weighted by molar-refractivity contribution is 0.324. The van der Waals surface area contributed by atoms with Gasteiger partial charge in [0.15, 0.2) is 0 Å². The molecule has 0 aliphatic carbocycles. The number of aromatic nitrogens is 2. The molecule has 1 heterocycles. The molecule has 4 nitrogen and oxygen atoms in total. The summed E-state index contributed by atoms with van der Waals surface area (Å²) < 4.78 is 0. The van der Waals surface area contributed by atoms with E-state index >= 15 is 0 Å². The van der Waals surface area contributed by atoms with Crippen LogP contribution in [0.15, 0.2) is 70.7 Å². The van der Waals surface area contributed by atoms with Gasteiger partial charge < -0.3 is 9.80 Å². The molecule has 3 aromatic rings. The second-order valence-corrected chi connectivity index (χ2v) is 10.4. The first-order valence-corrected chi connectivity index (χ1v) is 14.4. The lowest BCUT2D eigenvalue weighted by Crippen LogP contribution is -2.25. The van der Waals surface area contributed by atoms with Crippen LogP contribution in [0.3, 0.4) is 0 Å². The number of halogens is 2. The van der Waals surface area contributed by atoms with Gasteiger partial charge in [-0.15, -0.1) is 57.5 Å². The Labute approximate surface area is 247 Å². The molecule has 0 bridgehead atoms. The van der Waals surface area contributed by atoms with E-state index in [2.05, 4.69) is 102 Å². The first kappa shape index (κ1) is 33.1. The number of nitrogens with zero attached hydrogens (tertiary/aromatic N) is 4. The highest BCUT2D eigenvalue weighted by molar-refractivity contribution is 8.93. The van der Waals surface area contributed by atoms with Crippen molar-refractivity contribution in [1.29, 1.82) is 0 Å². The van der Waals surface area contributed by atoms with Crippen molar-refractivity contribution >= 4 is 57.5 Å². The number of hydrogen-bond acceptors (Lipinski definition) is 6. The van der Waals surface area contributed by atoms with E-state index in [1.807, 2.05) is 23.5 Å². The zero-order valence-electron chi connectivity index (χ0n) is 21.9. The summed E-state index contributed by atoms with van der Waals surface area (Å²) in [6, 6.07) is 19.6. The summed E-state index contributed by atoms with van der Waals surface area (Å²) in [5.74, 6) is 2.23. The standard InChI is InChI=1S/C28H38N4S2.2BrH/c1-5-31(6-2)17-19-33-25-13-9-23(10-14-25)27-21-28(30-22-29-27)24-11-15-26(16-12-24)34-20-18-32(7-3)8-4;;/h9-16,21-22H,5-8,17-20H2,1-4H3;2*1H. The summed E-state index contributed by atoms with van der Waals surface area (Å²) in [6.07, 6.45) is 1.67. The minimum Gasteiger partial charge on any atom is -0.303 e. The normalized spacial score (nSPS) is 10.8. The van der Waals surface area contributed by atoms with E-state index in [9.17, 15) is 0 Å². The van der Waals surface area contributed by atoms with Crippen molar-refractivity contribution in [3.8, 4) is 22.5 Å². The van der Waals surface area contributed by atoms with Gasteiger partial charge in [0.1, 0.15) is 6.33 Å². The topological polar surface area (TPSA) is 32.3 Å². The lowest BCUT2D eigenvalue weighted by atomic mass is 10.1. The lowest BCUT2D eigenvalue weighted by Gasteiger charge is -2.17. The van der Waals surface area contributed by atoms with Gasteiger partial charge in [-0.1, -0.05) is 52.0 Å². The summed E-state index contributed by atoms with van der Waals surface area (Å²) in [5, 5.41) is 0. The van der Waals surface area contributed by atoms with Gasteiger partial charge in [-0.3, -0.25) is 0 Å². The molecule has 0 N–H and O–H groups in total. The molecule has 8 heteroatoms. The smallest absolute Gasteiger partial charge is 0.116 e. The molecule has 36 heavy (non-hydrogen) atoms. The number of hydrogen-bond donors (Lipinski definition) is 0. The highest BCUT2D eigenvalue weighted by atomic mass is 79.9. The predicted octanol–water partition coefficient (Wildman–Crippen LogP) is 7.83. The van der Waals surface area contributed by atoms with Crippen LogP contribution in [0.4, 0.5) is 0 Å². The molecule has 0 aliphatic heterocycles. The summed E-state index contributed by atoms with van der Waals surface area (Å²) in [6.45, 7) is 15.6. The van der Waals surface area contributed by atoms with E-state index in [4.69, 9.17) is 0 Å². The average molecular weight is 657 g/mol. The SMILES string of the molecule is Br.Br.CCN(CC)CCSc1ccc(-c2cc(-c3ccc(SCCN(CC)CC)cc3)ncn2)cc1. The van der Waals surface area contributed by atoms with E-state index in [1.165, 1.54) is 9.79 Å². The largest absolute Gasteiger partial charge is 0.303 e. The molecule has 0 aliphatic rings. The van der Waals surface area contributed by atoms with Gasteiger partial charge >= 0.3 is 0 Å². The van der Waals surface area contributed by atoms with Crippen LogP contribution in [-0.2, 0) is 0 Å². The minimum atomic E-state index is 0. The Kier molecular flexibility index (Phi) is 16.9. The molecular formula is C28H40Br2N4S2. The molecule has 0 spiro atoms. The Morgan fingerprint density at radius 3 is 1.28 bits per heavy atom. The van der Waals surface area contributed by atoms with Crippen molar-refractivity contribution in [2.24, 2.45) is 0 Å². The van der Waals surface area contributed by atoms with Crippen LogP contribution < -0.4 is 0 Å². The molecule has 0 atom stereocenters. The van der Waals surface area contributed by atoms with E-state index in [0.717, 1.165) is 73.3 Å². The Morgan fingerprint density at radius 1 is 0.583 bits per heavy atom. The molecule has 0 radical (unpaired) electrons. The first-order chi connectivity index (χ1) is 16.7. The predicted molar refractivity (Wildman–Crippen MR) is 171 cm³/mol. The highest BCUT2D eigenvalue weighted by Crippen LogP contribution is 2.27. The minimum absolute atomic E-state index is 0. The van der Waals surface area contributed by atoms with E-state index in [1.54, 1.807) is 6.33 Å². The zero-order valence-corrected chi connectivity index (χ0v) is 26.9. The quantitative estimate of drug-likeness (QED) is 0.165. The molecule has 3 rings (SSSR count). The summed E-state index contributed by atoms with van der Waals surface area (Å²) in [5.41, 5.74) is 4.17. The van der Waals surface area contributed by atoms with Crippen LogP contribution in [0.5, 0.6) is 0 Å². The van der Waals surface area contributed by atoms with Crippen molar-refractivity contribution in [3.05, 3.63) is 60.9 Å². The van der Waals surface area contributed by atoms with Gasteiger partial charge in [0, 0.05) is 45.5 Å². The van der Waals surface area contributed by atoms with Crippen LogP contribution in [-0.4, -0.2) is 70.5 Å². The van der Waals surface area contributed by atoms with E-state index < -0.39 is 0 Å². The number of benzene rings is 2. The van der Waals surface area contributed by atoms with Gasteiger partial charge in [-0.25, -0.2) is 9.97 Å². The summed E-state index contributed by atoms with van der Waals surface area (Å²) >= 11 is 3.83. The monoisotopic (exact) mass is 654 g/mol. The van der Waals surface area contributed by atoms with Crippen LogP contribution in [0.1, 0.15) is 27.7 Å². The maximum absolute atomic E-state index is 4.53. The molecular weight excluding hydrogens is 616 g/mol. The third kappa shape index (κ3) is 10.5. The van der Waals surface area contributed by atoms with Gasteiger partial charge in [0.2, 0.25) is 0 Å². The van der Waals surface area contributed by atoms with Crippen molar-refractivity contribution in [2.75, 3.05) is 50.8 Å². The van der Waals surface area contributed by atoms with Crippen LogP contribution in [0, 0.1) is 0 Å². The fourth-order valence-electron chi connectivity index (χ4n) is 3.78. The molecule has 0 saturated carbocycles. The van der Waals surface area contributed by atoms with Gasteiger partial charge in [-0.05, 0) is 56.5 Å². The average Bonchev–Trinajstić information content (AvgIpc) is 2.90. The van der Waals surface area contributed by atoms with Crippen molar-refractivity contribution < 1.29 is 0 Å². The maximum atomic E-state index is 4.53. The molecule has 0 saturated heterocycles.